The molecule has 0 spiro atoms. The Hall–Kier alpha value is -1.56. The van der Waals surface area contributed by atoms with Crippen molar-refractivity contribution in [1.29, 1.82) is 0 Å². The van der Waals surface area contributed by atoms with Gasteiger partial charge in [-0.3, -0.25) is 4.79 Å². The summed E-state index contributed by atoms with van der Waals surface area (Å²) in [5.41, 5.74) is 0. The molecule has 0 fully saturated rings. The molecule has 0 radical (unpaired) electrons. The fourth-order valence-electron chi connectivity index (χ4n) is 0.755. The van der Waals surface area contributed by atoms with Gasteiger partial charge in [0.05, 0.1) is 0 Å². The van der Waals surface area contributed by atoms with Crippen LogP contribution in [0.3, 0.4) is 0 Å². The molecule has 0 unspecified atom stereocenters. The van der Waals surface area contributed by atoms with Crippen LogP contribution in [0.25, 0.3) is 0 Å². The second-order valence-electron chi connectivity index (χ2n) is 2.38. The van der Waals surface area contributed by atoms with Gasteiger partial charge >= 0.3 is 16.4 Å². The predicted molar refractivity (Wildman–Crippen MR) is 47.8 cm³/mol. The van der Waals surface area contributed by atoms with E-state index in [1.54, 1.807) is 18.2 Å². The summed E-state index contributed by atoms with van der Waals surface area (Å²) >= 11 is 0. The second kappa shape index (κ2) is 4.10. The smallest absolute Gasteiger partial charge is 0.353 e. The number of hydrogen-bond donors (Lipinski definition) is 0. The van der Waals surface area contributed by atoms with Gasteiger partial charge in [-0.25, -0.2) is 0 Å². The van der Waals surface area contributed by atoms with Crippen LogP contribution in [0.4, 0.5) is 0 Å². The average molecular weight is 216 g/mol. The molecule has 1 aromatic rings. The second-order valence-corrected chi connectivity index (χ2v) is 3.53. The molecule has 76 valence electrons. The molecular formula is C8H8O5S. The third-order valence-corrected chi connectivity index (χ3v) is 2.00. The van der Waals surface area contributed by atoms with Gasteiger partial charge in [0.25, 0.3) is 0 Å². The van der Waals surface area contributed by atoms with E-state index in [0.29, 0.717) is 0 Å². The van der Waals surface area contributed by atoms with Crippen LogP contribution in [0, 0.1) is 0 Å². The van der Waals surface area contributed by atoms with Crippen molar-refractivity contribution >= 4 is 16.4 Å². The van der Waals surface area contributed by atoms with Crippen molar-refractivity contribution in [3.63, 3.8) is 0 Å². The van der Waals surface area contributed by atoms with Crippen molar-refractivity contribution in [3.05, 3.63) is 30.3 Å². The Kier molecular flexibility index (Phi) is 3.08. The summed E-state index contributed by atoms with van der Waals surface area (Å²) in [6, 6.07) is 7.75. The summed E-state index contributed by atoms with van der Waals surface area (Å²) in [6.45, 7) is 0.978. The summed E-state index contributed by atoms with van der Waals surface area (Å²) in [5, 5.41) is 0. The predicted octanol–water partition coefficient (Wildman–Crippen LogP) is 0.873. The van der Waals surface area contributed by atoms with Gasteiger partial charge in [-0.1, -0.05) is 18.2 Å². The number of para-hydroxylation sites is 1. The maximum Gasteiger partial charge on any atom is 0.503 e. The van der Waals surface area contributed by atoms with E-state index in [0.717, 1.165) is 6.92 Å². The Morgan fingerprint density at radius 2 is 1.79 bits per heavy atom. The van der Waals surface area contributed by atoms with Crippen molar-refractivity contribution in [2.24, 2.45) is 0 Å². The van der Waals surface area contributed by atoms with E-state index in [-0.39, 0.29) is 5.75 Å². The van der Waals surface area contributed by atoms with E-state index in [1.165, 1.54) is 12.1 Å². The molecule has 0 saturated heterocycles. The number of hydrogen-bond acceptors (Lipinski definition) is 5. The summed E-state index contributed by atoms with van der Waals surface area (Å²) in [7, 11) is -4.28. The highest BCUT2D eigenvalue weighted by molar-refractivity contribution is 7.82. The highest BCUT2D eigenvalue weighted by Gasteiger charge is 2.16. The van der Waals surface area contributed by atoms with Crippen LogP contribution in [0.15, 0.2) is 30.3 Å². The lowest BCUT2D eigenvalue weighted by Gasteiger charge is -2.03. The van der Waals surface area contributed by atoms with Crippen molar-refractivity contribution in [2.75, 3.05) is 0 Å². The molecular weight excluding hydrogens is 208 g/mol. The zero-order valence-electron chi connectivity index (χ0n) is 7.34. The van der Waals surface area contributed by atoms with E-state index >= 15 is 0 Å². The fraction of sp³-hybridized carbons (Fsp3) is 0.125. The third kappa shape index (κ3) is 3.44. The van der Waals surface area contributed by atoms with Gasteiger partial charge < -0.3 is 8.37 Å². The van der Waals surface area contributed by atoms with Gasteiger partial charge in [0.15, 0.2) is 0 Å². The van der Waals surface area contributed by atoms with Crippen LogP contribution >= 0.6 is 0 Å². The Morgan fingerprint density at radius 3 is 2.29 bits per heavy atom. The molecule has 0 atom stereocenters. The molecule has 0 amide bonds. The topological polar surface area (TPSA) is 69.7 Å². The van der Waals surface area contributed by atoms with E-state index in [4.69, 9.17) is 0 Å². The molecule has 0 bridgehead atoms. The lowest BCUT2D eigenvalue weighted by molar-refractivity contribution is -0.131. The normalized spacial score (nSPS) is 10.6. The molecule has 14 heavy (non-hydrogen) atoms. The summed E-state index contributed by atoms with van der Waals surface area (Å²) in [4.78, 5) is 10.4. The Labute approximate surface area is 81.6 Å². The molecule has 0 aliphatic heterocycles. The number of benzene rings is 1. The summed E-state index contributed by atoms with van der Waals surface area (Å²) in [6.07, 6.45) is 0. The van der Waals surface area contributed by atoms with Gasteiger partial charge in [0.2, 0.25) is 0 Å². The fourth-order valence-corrected chi connectivity index (χ4v) is 1.42. The maximum atomic E-state index is 10.9. The molecule has 0 saturated carbocycles. The minimum Gasteiger partial charge on any atom is -0.353 e. The molecule has 0 aliphatic carbocycles. The number of carbonyl (C=O) groups is 1. The first-order valence-electron chi connectivity index (χ1n) is 3.69. The first kappa shape index (κ1) is 10.5. The van der Waals surface area contributed by atoms with Gasteiger partial charge in [-0.15, -0.1) is 8.42 Å². The molecule has 1 rings (SSSR count). The van der Waals surface area contributed by atoms with Crippen LogP contribution in [0.5, 0.6) is 5.75 Å². The highest BCUT2D eigenvalue weighted by atomic mass is 32.3. The van der Waals surface area contributed by atoms with E-state index in [2.05, 4.69) is 8.37 Å². The van der Waals surface area contributed by atoms with Crippen LogP contribution in [0.1, 0.15) is 6.92 Å². The van der Waals surface area contributed by atoms with Crippen LogP contribution in [-0.2, 0) is 19.4 Å². The van der Waals surface area contributed by atoms with E-state index in [1.807, 2.05) is 0 Å². The molecule has 0 aromatic heterocycles. The minimum absolute atomic E-state index is 0.0914. The molecule has 0 heterocycles. The number of rotatable bonds is 3. The SMILES string of the molecule is CC(=O)OS(=O)(=O)Oc1ccccc1. The Morgan fingerprint density at radius 1 is 1.21 bits per heavy atom. The Balaban J connectivity index is 2.74. The van der Waals surface area contributed by atoms with Crippen LogP contribution in [-0.4, -0.2) is 14.4 Å². The average Bonchev–Trinajstić information content (AvgIpc) is 2.02. The van der Waals surface area contributed by atoms with Gasteiger partial charge in [-0.2, -0.15) is 0 Å². The standard InChI is InChI=1S/C8H8O5S/c1-7(9)12-14(10,11)13-8-5-3-2-4-6-8/h2-6H,1H3. The number of carbonyl (C=O) groups excluding carboxylic acids is 1. The van der Waals surface area contributed by atoms with Crippen molar-refractivity contribution < 1.29 is 21.6 Å². The lowest BCUT2D eigenvalue weighted by atomic mass is 10.3. The first-order chi connectivity index (χ1) is 6.49. The quantitative estimate of drug-likeness (QED) is 0.749. The summed E-state index contributed by atoms with van der Waals surface area (Å²) < 4.78 is 30.3. The van der Waals surface area contributed by atoms with Crippen molar-refractivity contribution in [1.82, 2.24) is 0 Å². The van der Waals surface area contributed by atoms with Gasteiger partial charge in [-0.05, 0) is 12.1 Å². The van der Waals surface area contributed by atoms with E-state index < -0.39 is 16.4 Å². The van der Waals surface area contributed by atoms with Gasteiger partial charge in [0, 0.05) is 6.92 Å². The molecule has 0 N–H and O–H groups in total. The van der Waals surface area contributed by atoms with Crippen LogP contribution in [0.2, 0.25) is 0 Å². The Bertz CT molecular complexity index is 409. The van der Waals surface area contributed by atoms with E-state index in [9.17, 15) is 13.2 Å². The highest BCUT2D eigenvalue weighted by Crippen LogP contribution is 2.12. The molecule has 0 aliphatic rings. The van der Waals surface area contributed by atoms with Crippen molar-refractivity contribution in [2.45, 2.75) is 6.92 Å². The van der Waals surface area contributed by atoms with Crippen LogP contribution < -0.4 is 4.18 Å². The maximum absolute atomic E-state index is 10.9. The van der Waals surface area contributed by atoms with Gasteiger partial charge in [0.1, 0.15) is 5.75 Å². The summed E-state index contributed by atoms with van der Waals surface area (Å²) in [5.74, 6) is -0.852. The minimum atomic E-state index is -4.28. The first-order valence-corrected chi connectivity index (χ1v) is 5.02. The zero-order valence-corrected chi connectivity index (χ0v) is 8.15. The zero-order chi connectivity index (χ0) is 10.6. The monoisotopic (exact) mass is 216 g/mol. The van der Waals surface area contributed by atoms with Crippen molar-refractivity contribution in [3.8, 4) is 5.75 Å². The molecule has 6 heteroatoms. The lowest BCUT2D eigenvalue weighted by Crippen LogP contribution is -2.16. The largest absolute Gasteiger partial charge is 0.503 e. The third-order valence-electron chi connectivity index (χ3n) is 1.16. The molecule has 1 aromatic carbocycles. The molecule has 5 nitrogen and oxygen atoms in total.